The molecule has 0 radical (unpaired) electrons. The second-order valence-corrected chi connectivity index (χ2v) is 8.20. The first-order valence-electron chi connectivity index (χ1n) is 9.46. The van der Waals surface area contributed by atoms with E-state index in [9.17, 15) is 19.2 Å². The molecule has 0 saturated carbocycles. The van der Waals surface area contributed by atoms with Gasteiger partial charge in [-0.05, 0) is 61.4 Å². The van der Waals surface area contributed by atoms with Crippen LogP contribution in [0, 0.1) is 11.8 Å². The van der Waals surface area contributed by atoms with Crippen LogP contribution in [0.1, 0.15) is 54.3 Å². The Kier molecular flexibility index (Phi) is 5.54. The van der Waals surface area contributed by atoms with E-state index in [4.69, 9.17) is 23.2 Å². The maximum absolute atomic E-state index is 12.3. The summed E-state index contributed by atoms with van der Waals surface area (Å²) in [4.78, 5) is 47.1. The van der Waals surface area contributed by atoms with E-state index in [1.54, 1.807) is 30.3 Å². The van der Waals surface area contributed by atoms with Crippen LogP contribution in [0.2, 0.25) is 10.0 Å². The zero-order valence-electron chi connectivity index (χ0n) is 15.7. The number of hydrogen-bond acceptors (Lipinski definition) is 4. The van der Waals surface area contributed by atoms with Crippen molar-refractivity contribution in [1.29, 1.82) is 0 Å². The second kappa shape index (κ2) is 8.13. The molecule has 2 aromatic carbocycles. The Balaban J connectivity index is 0.000000151. The van der Waals surface area contributed by atoms with Gasteiger partial charge in [0, 0.05) is 44.1 Å². The van der Waals surface area contributed by atoms with Crippen molar-refractivity contribution in [1.82, 2.24) is 0 Å². The molecule has 0 saturated heterocycles. The monoisotopic (exact) mass is 438 g/mol. The maximum atomic E-state index is 12.3. The minimum Gasteiger partial charge on any atom is -0.294 e. The average Bonchev–Trinajstić information content (AvgIpc) is 2.75. The molecule has 3 aliphatic carbocycles. The highest BCUT2D eigenvalue weighted by molar-refractivity contribution is 6.32. The molecular weight excluding hydrogens is 423 g/mol. The Morgan fingerprint density at radius 3 is 1.67 bits per heavy atom. The number of rotatable bonds is 0. The van der Waals surface area contributed by atoms with Crippen LogP contribution in [0.15, 0.2) is 60.7 Å². The van der Waals surface area contributed by atoms with E-state index in [2.05, 4.69) is 0 Å². The van der Waals surface area contributed by atoms with Gasteiger partial charge < -0.3 is 0 Å². The third-order valence-electron chi connectivity index (χ3n) is 5.52. The fourth-order valence-electron chi connectivity index (χ4n) is 3.99. The lowest BCUT2D eigenvalue weighted by molar-refractivity contribution is 0.0729. The van der Waals surface area contributed by atoms with Crippen molar-refractivity contribution in [3.8, 4) is 0 Å². The van der Waals surface area contributed by atoms with Crippen molar-refractivity contribution < 1.29 is 19.2 Å². The predicted octanol–water partition coefficient (Wildman–Crippen LogP) is 5.58. The van der Waals surface area contributed by atoms with Gasteiger partial charge >= 0.3 is 0 Å². The molecule has 2 aromatic rings. The summed E-state index contributed by atoms with van der Waals surface area (Å²) >= 11 is 11.6. The molecule has 4 nitrogen and oxygen atoms in total. The molecule has 30 heavy (non-hydrogen) atoms. The molecule has 0 spiro atoms. The third kappa shape index (κ3) is 3.69. The number of allylic oxidation sites excluding steroid dienone is 4. The van der Waals surface area contributed by atoms with Crippen molar-refractivity contribution in [2.24, 2.45) is 11.8 Å². The van der Waals surface area contributed by atoms with Gasteiger partial charge in [-0.2, -0.15) is 0 Å². The zero-order chi connectivity index (χ0) is 21.4. The standard InChI is InChI=1S/C14H11ClO2.C10H5ClO2/c15-8-5-6-11-12(7-8)14(17)10-4-2-1-3-9(10)13(11)16;11-6-1-2-7-8(5-6)10(13)4-3-9(7)12/h1-2,5-7,9-10H,3-4H2;1-5H. The molecule has 2 atom stereocenters. The lowest BCUT2D eigenvalue weighted by Gasteiger charge is -2.31. The minimum absolute atomic E-state index is 0.0662. The first kappa shape index (κ1) is 20.5. The number of carbonyl (C=O) groups is 4. The summed E-state index contributed by atoms with van der Waals surface area (Å²) in [6.07, 6.45) is 7.87. The van der Waals surface area contributed by atoms with E-state index < -0.39 is 0 Å². The van der Waals surface area contributed by atoms with Gasteiger partial charge in [0.05, 0.1) is 0 Å². The fraction of sp³-hybridized carbons (Fsp3) is 0.167. The van der Waals surface area contributed by atoms with Gasteiger partial charge in [0.25, 0.3) is 0 Å². The predicted molar refractivity (Wildman–Crippen MR) is 115 cm³/mol. The van der Waals surface area contributed by atoms with E-state index in [1.807, 2.05) is 12.2 Å². The van der Waals surface area contributed by atoms with Crippen molar-refractivity contribution in [2.75, 3.05) is 0 Å². The molecule has 150 valence electrons. The number of carbonyl (C=O) groups excluding carboxylic acids is 4. The summed E-state index contributed by atoms with van der Waals surface area (Å²) in [7, 11) is 0. The van der Waals surface area contributed by atoms with Crippen LogP contribution in [0.4, 0.5) is 0 Å². The molecule has 2 unspecified atom stereocenters. The number of ketones is 4. The van der Waals surface area contributed by atoms with Crippen molar-refractivity contribution in [2.45, 2.75) is 12.8 Å². The summed E-state index contributed by atoms with van der Waals surface area (Å²) in [6.45, 7) is 0. The number of hydrogen-bond donors (Lipinski definition) is 0. The lowest BCUT2D eigenvalue weighted by Crippen LogP contribution is -2.37. The number of halogens is 2. The lowest BCUT2D eigenvalue weighted by atomic mass is 9.69. The molecule has 0 aromatic heterocycles. The molecule has 0 aliphatic heterocycles. The van der Waals surface area contributed by atoms with Crippen LogP contribution in [-0.4, -0.2) is 23.1 Å². The first-order valence-corrected chi connectivity index (χ1v) is 10.2. The van der Waals surface area contributed by atoms with Crippen molar-refractivity contribution >= 4 is 46.3 Å². The normalized spacial score (nSPS) is 21.4. The van der Waals surface area contributed by atoms with Crippen molar-refractivity contribution in [3.63, 3.8) is 0 Å². The van der Waals surface area contributed by atoms with Crippen LogP contribution < -0.4 is 0 Å². The Morgan fingerprint density at radius 2 is 1.07 bits per heavy atom. The largest absolute Gasteiger partial charge is 0.294 e. The Morgan fingerprint density at radius 1 is 0.600 bits per heavy atom. The fourth-order valence-corrected chi connectivity index (χ4v) is 4.34. The SMILES string of the molecule is O=C1C=CC(=O)c2cc(Cl)ccc21.O=C1c2ccc(Cl)cc2C(=O)C2CC=CCC12. The molecular formula is C24H16Cl2O4. The van der Waals surface area contributed by atoms with Gasteiger partial charge in [-0.25, -0.2) is 0 Å². The van der Waals surface area contributed by atoms with Crippen LogP contribution in [0.25, 0.3) is 0 Å². The van der Waals surface area contributed by atoms with Crippen LogP contribution in [-0.2, 0) is 0 Å². The van der Waals surface area contributed by atoms with Crippen LogP contribution in [0.5, 0.6) is 0 Å². The Labute approximate surface area is 183 Å². The summed E-state index contributed by atoms with van der Waals surface area (Å²) in [5.41, 5.74) is 1.85. The summed E-state index contributed by atoms with van der Waals surface area (Å²) < 4.78 is 0. The third-order valence-corrected chi connectivity index (χ3v) is 5.99. The van der Waals surface area contributed by atoms with Crippen molar-refractivity contribution in [3.05, 3.63) is 93.0 Å². The van der Waals surface area contributed by atoms with Gasteiger partial charge in [-0.1, -0.05) is 35.4 Å². The smallest absolute Gasteiger partial charge is 0.186 e. The molecule has 5 rings (SSSR count). The average molecular weight is 439 g/mol. The van der Waals surface area contributed by atoms with E-state index in [0.717, 1.165) is 0 Å². The molecule has 0 amide bonds. The summed E-state index contributed by atoms with van der Waals surface area (Å²) in [5.74, 6) is -0.509. The molecule has 0 heterocycles. The zero-order valence-corrected chi connectivity index (χ0v) is 17.2. The maximum Gasteiger partial charge on any atom is 0.186 e. The summed E-state index contributed by atoms with van der Waals surface area (Å²) in [5, 5.41) is 0.977. The molecule has 3 aliphatic rings. The van der Waals surface area contributed by atoms with Gasteiger partial charge in [0.15, 0.2) is 23.1 Å². The van der Waals surface area contributed by atoms with E-state index in [1.165, 1.54) is 18.2 Å². The molecule has 0 bridgehead atoms. The second-order valence-electron chi connectivity index (χ2n) is 7.33. The van der Waals surface area contributed by atoms with E-state index in [0.29, 0.717) is 45.1 Å². The highest BCUT2D eigenvalue weighted by atomic mass is 35.5. The quantitative estimate of drug-likeness (QED) is 0.503. The minimum atomic E-state index is -0.182. The summed E-state index contributed by atoms with van der Waals surface area (Å²) in [6, 6.07) is 9.65. The van der Waals surface area contributed by atoms with Gasteiger partial charge in [-0.15, -0.1) is 0 Å². The highest BCUT2D eigenvalue weighted by Gasteiger charge is 2.41. The number of benzene rings is 2. The van der Waals surface area contributed by atoms with E-state index in [-0.39, 0.29) is 35.0 Å². The number of fused-ring (bicyclic) bond motifs is 3. The molecule has 0 fully saturated rings. The van der Waals surface area contributed by atoms with E-state index >= 15 is 0 Å². The van der Waals surface area contributed by atoms with Crippen LogP contribution >= 0.6 is 23.2 Å². The first-order chi connectivity index (χ1) is 14.4. The molecule has 0 N–H and O–H groups in total. The highest BCUT2D eigenvalue weighted by Crippen LogP contribution is 2.37. The Bertz CT molecular complexity index is 1160. The van der Waals surface area contributed by atoms with Crippen LogP contribution in [0.3, 0.4) is 0 Å². The molecule has 6 heteroatoms. The van der Waals surface area contributed by atoms with Gasteiger partial charge in [-0.3, -0.25) is 19.2 Å². The van der Waals surface area contributed by atoms with Gasteiger partial charge in [0.2, 0.25) is 0 Å². The Hall–Kier alpha value is -2.82. The number of Topliss-reactive ketones (excluding diaryl/α,β-unsaturated/α-hetero) is 2. The topological polar surface area (TPSA) is 68.3 Å². The van der Waals surface area contributed by atoms with Gasteiger partial charge in [0.1, 0.15) is 0 Å².